The summed E-state index contributed by atoms with van der Waals surface area (Å²) in [5.41, 5.74) is 1.70. The monoisotopic (exact) mass is 397 g/mol. The Morgan fingerprint density at radius 2 is 2.07 bits per heavy atom. The molecule has 1 aliphatic rings. The second-order valence-electron chi connectivity index (χ2n) is 6.37. The van der Waals surface area contributed by atoms with E-state index in [1.54, 1.807) is 31.2 Å². The van der Waals surface area contributed by atoms with Crippen molar-refractivity contribution in [3.63, 3.8) is 0 Å². The topological polar surface area (TPSA) is 80.2 Å². The Morgan fingerprint density at radius 3 is 2.76 bits per heavy atom. The molecule has 0 radical (unpaired) electrons. The molecule has 7 heteroatoms. The molecule has 0 aromatic heterocycles. The molecule has 29 heavy (non-hydrogen) atoms. The molecular weight excluding hydrogens is 370 g/mol. The molecule has 1 N–H and O–H groups in total. The smallest absolute Gasteiger partial charge is 0.268 e. The average molecular weight is 397 g/mol. The van der Waals surface area contributed by atoms with E-state index in [0.717, 1.165) is 5.06 Å². The van der Waals surface area contributed by atoms with E-state index < -0.39 is 6.04 Å². The number of carbonyl (C=O) groups is 2. The van der Waals surface area contributed by atoms with Gasteiger partial charge in [-0.05, 0) is 31.9 Å². The van der Waals surface area contributed by atoms with Gasteiger partial charge in [0.15, 0.2) is 0 Å². The maximum absolute atomic E-state index is 13.0. The molecule has 0 saturated heterocycles. The zero-order valence-electron chi connectivity index (χ0n) is 17.1. The van der Waals surface area contributed by atoms with E-state index in [9.17, 15) is 9.59 Å². The Labute approximate surface area is 171 Å². The van der Waals surface area contributed by atoms with Crippen molar-refractivity contribution in [3.8, 4) is 0 Å². The average Bonchev–Trinajstić information content (AvgIpc) is 2.73. The fourth-order valence-electron chi connectivity index (χ4n) is 2.79. The number of ether oxygens (including phenoxy) is 1. The third-order valence-electron chi connectivity index (χ3n) is 4.36. The van der Waals surface area contributed by atoms with Crippen LogP contribution >= 0.6 is 0 Å². The zero-order chi connectivity index (χ0) is 21.2. The van der Waals surface area contributed by atoms with Crippen LogP contribution in [-0.2, 0) is 14.4 Å². The summed E-state index contributed by atoms with van der Waals surface area (Å²) in [6.45, 7) is 5.92. The molecule has 1 heterocycles. The van der Waals surface area contributed by atoms with Crippen LogP contribution < -0.4 is 5.32 Å². The van der Waals surface area contributed by atoms with Crippen molar-refractivity contribution in [3.05, 3.63) is 72.2 Å². The first kappa shape index (κ1) is 22.1. The van der Waals surface area contributed by atoms with Crippen molar-refractivity contribution in [1.82, 2.24) is 10.4 Å². The highest BCUT2D eigenvalue weighted by molar-refractivity contribution is 6.10. The third-order valence-corrected chi connectivity index (χ3v) is 4.36. The second kappa shape index (κ2) is 11.0. The summed E-state index contributed by atoms with van der Waals surface area (Å²) in [7, 11) is 2.91. The highest BCUT2D eigenvalue weighted by atomic mass is 16.7. The summed E-state index contributed by atoms with van der Waals surface area (Å²) < 4.78 is 5.72. The Bertz CT molecular complexity index is 842. The number of allylic oxidation sites excluding steroid dienone is 2. The first-order chi connectivity index (χ1) is 14.0. The van der Waals surface area contributed by atoms with Crippen LogP contribution in [0.3, 0.4) is 0 Å². The van der Waals surface area contributed by atoms with Gasteiger partial charge >= 0.3 is 0 Å². The second-order valence-corrected chi connectivity index (χ2v) is 6.37. The predicted molar refractivity (Wildman–Crippen MR) is 112 cm³/mol. The van der Waals surface area contributed by atoms with Gasteiger partial charge in [0.25, 0.3) is 11.8 Å². The van der Waals surface area contributed by atoms with E-state index in [1.165, 1.54) is 14.2 Å². The minimum Gasteiger partial charge on any atom is -0.477 e. The molecule has 1 aromatic carbocycles. The highest BCUT2D eigenvalue weighted by Gasteiger charge is 2.25. The van der Waals surface area contributed by atoms with Crippen molar-refractivity contribution >= 4 is 17.5 Å². The van der Waals surface area contributed by atoms with Crippen LogP contribution in [0.5, 0.6) is 0 Å². The van der Waals surface area contributed by atoms with E-state index >= 15 is 0 Å². The van der Waals surface area contributed by atoms with Crippen molar-refractivity contribution in [1.29, 1.82) is 0 Å². The molecule has 1 atom stereocenters. The first-order valence-electron chi connectivity index (χ1n) is 9.35. The molecule has 1 aromatic rings. The Morgan fingerprint density at radius 1 is 1.34 bits per heavy atom. The molecule has 0 unspecified atom stereocenters. The summed E-state index contributed by atoms with van der Waals surface area (Å²) in [6, 6.07) is 6.35. The summed E-state index contributed by atoms with van der Waals surface area (Å²) in [5.74, 6) is -0.278. The van der Waals surface area contributed by atoms with Crippen molar-refractivity contribution in [2.24, 2.45) is 4.99 Å². The lowest BCUT2D eigenvalue weighted by Gasteiger charge is -2.22. The van der Waals surface area contributed by atoms with Gasteiger partial charge in [-0.1, -0.05) is 43.0 Å². The number of rotatable bonds is 3. The number of aliphatic imine (C=N–C) groups is 1. The maximum Gasteiger partial charge on any atom is 0.268 e. The van der Waals surface area contributed by atoms with E-state index in [-0.39, 0.29) is 11.8 Å². The van der Waals surface area contributed by atoms with Crippen LogP contribution in [0, 0.1) is 0 Å². The van der Waals surface area contributed by atoms with E-state index in [2.05, 4.69) is 16.9 Å². The number of fused-ring (bicyclic) bond motifs is 1. The number of benzene rings is 1. The molecule has 0 aliphatic carbocycles. The van der Waals surface area contributed by atoms with Crippen molar-refractivity contribution in [2.75, 3.05) is 20.8 Å². The zero-order valence-corrected chi connectivity index (χ0v) is 17.1. The number of nitrogens with one attached hydrogen (secondary N) is 1. The molecule has 2 amide bonds. The molecule has 2 rings (SSSR count). The van der Waals surface area contributed by atoms with E-state index in [0.29, 0.717) is 42.2 Å². The molecule has 0 bridgehead atoms. The van der Waals surface area contributed by atoms with Gasteiger partial charge in [0, 0.05) is 23.9 Å². The number of likely N-dealkylation sites (N-methyl/N-ethyl adjacent to an activating group) is 1. The van der Waals surface area contributed by atoms with Gasteiger partial charge in [0.05, 0.1) is 13.7 Å². The summed E-state index contributed by atoms with van der Waals surface area (Å²) in [5, 5.41) is 3.93. The van der Waals surface area contributed by atoms with Crippen LogP contribution in [0.1, 0.15) is 35.7 Å². The quantitative estimate of drug-likeness (QED) is 0.628. The van der Waals surface area contributed by atoms with Gasteiger partial charge in [-0.3, -0.25) is 14.4 Å². The number of hydrogen-bond acceptors (Lipinski definition) is 5. The van der Waals surface area contributed by atoms with Crippen LogP contribution in [0.25, 0.3) is 0 Å². The largest absolute Gasteiger partial charge is 0.477 e. The van der Waals surface area contributed by atoms with Gasteiger partial charge in [0.1, 0.15) is 6.04 Å². The highest BCUT2D eigenvalue weighted by Crippen LogP contribution is 2.15. The fraction of sp³-hybridized carbons (Fsp3) is 0.318. The van der Waals surface area contributed by atoms with Crippen LogP contribution in [0.4, 0.5) is 0 Å². The lowest BCUT2D eigenvalue weighted by Crippen LogP contribution is -2.47. The van der Waals surface area contributed by atoms with Gasteiger partial charge in [-0.2, -0.15) is 0 Å². The van der Waals surface area contributed by atoms with Crippen molar-refractivity contribution in [2.45, 2.75) is 25.8 Å². The van der Waals surface area contributed by atoms with Crippen LogP contribution in [0.2, 0.25) is 0 Å². The number of hydroxylamine groups is 2. The molecule has 0 fully saturated rings. The third kappa shape index (κ3) is 6.15. The first-order valence-corrected chi connectivity index (χ1v) is 9.35. The van der Waals surface area contributed by atoms with E-state index in [4.69, 9.17) is 9.57 Å². The Hall–Kier alpha value is -3.19. The maximum atomic E-state index is 13.0. The molecule has 154 valence electrons. The number of carbonyl (C=O) groups excluding carboxylic acids is 2. The number of nitrogens with zero attached hydrogens (tertiary/aromatic N) is 2. The number of hydrogen-bond donors (Lipinski definition) is 1. The van der Waals surface area contributed by atoms with Crippen molar-refractivity contribution < 1.29 is 19.2 Å². The van der Waals surface area contributed by atoms with Gasteiger partial charge in [0.2, 0.25) is 5.88 Å². The summed E-state index contributed by atoms with van der Waals surface area (Å²) in [6.07, 6.45) is 8.00. The Balaban J connectivity index is 2.45. The van der Waals surface area contributed by atoms with E-state index in [1.807, 2.05) is 24.3 Å². The molecule has 0 spiro atoms. The minimum absolute atomic E-state index is 0.336. The lowest BCUT2D eigenvalue weighted by molar-refractivity contribution is -0.170. The van der Waals surface area contributed by atoms with Crippen LogP contribution in [-0.4, -0.2) is 49.4 Å². The predicted octanol–water partition coefficient (Wildman–Crippen LogP) is 3.01. The Kier molecular flexibility index (Phi) is 8.36. The molecular formula is C22H27N3O4. The molecule has 7 nitrogen and oxygen atoms in total. The lowest BCUT2D eigenvalue weighted by atomic mass is 10.0. The van der Waals surface area contributed by atoms with Gasteiger partial charge < -0.3 is 10.1 Å². The normalized spacial score (nSPS) is 22.2. The number of amides is 2. The fourth-order valence-corrected chi connectivity index (χ4v) is 2.79. The molecule has 0 saturated carbocycles. The molecule has 1 aliphatic heterocycles. The summed E-state index contributed by atoms with van der Waals surface area (Å²) in [4.78, 5) is 35.1. The van der Waals surface area contributed by atoms with Crippen LogP contribution in [0.15, 0.2) is 66.0 Å². The summed E-state index contributed by atoms with van der Waals surface area (Å²) >= 11 is 0. The standard InChI is InChI=1S/C22H27N3O4/c1-5-11-20-23-16(2)17-12-8-9-13-18(17)21(26)24-19(22(27)25(3)28-4)14-7-6-10-15-29-20/h5-9,11-13,19H,1,10,14-15H2,2-4H3,(H,24,26)/b7-6-,20-11+,23-16+/t19-/m0/s1. The SMILES string of the molecule is C=C/C=C1\N=C(/C)c2ccccc2C(=O)N[C@H](C(=O)N(C)OC)C/C=C\CCO1. The van der Waals surface area contributed by atoms with Gasteiger partial charge in [-0.25, -0.2) is 10.1 Å². The van der Waals surface area contributed by atoms with Gasteiger partial charge in [-0.15, -0.1) is 0 Å². The minimum atomic E-state index is -0.755.